The van der Waals surface area contributed by atoms with E-state index in [1.165, 1.54) is 60.7 Å². The van der Waals surface area contributed by atoms with Crippen molar-refractivity contribution in [1.82, 2.24) is 0 Å². The lowest BCUT2D eigenvalue weighted by Gasteiger charge is -2.13. The molecule has 2 N–H and O–H groups in total. The quantitative estimate of drug-likeness (QED) is 0.415. The molecule has 0 bridgehead atoms. The number of carbonyl (C=O) groups excluding carboxylic acids is 1. The Morgan fingerprint density at radius 2 is 0.933 bits per heavy atom. The van der Waals surface area contributed by atoms with Crippen LogP contribution in [0.25, 0.3) is 22.3 Å². The molecule has 0 aliphatic rings. The van der Waals surface area contributed by atoms with Crippen LogP contribution in [-0.4, -0.2) is 16.0 Å². The van der Waals surface area contributed by atoms with Gasteiger partial charge in [0.25, 0.3) is 0 Å². The summed E-state index contributed by atoms with van der Waals surface area (Å²) in [5, 5.41) is 19.1. The fourth-order valence-electron chi connectivity index (χ4n) is 3.33. The Balaban J connectivity index is 1.87. The van der Waals surface area contributed by atoms with Gasteiger partial charge in [-0.3, -0.25) is 4.79 Å². The number of carbonyl (C=O) groups is 1. The fraction of sp³-hybridized carbons (Fsp3) is 0. The van der Waals surface area contributed by atoms with E-state index in [2.05, 4.69) is 0 Å². The second-order valence-electron chi connectivity index (χ2n) is 6.80. The molecule has 4 aromatic rings. The van der Waals surface area contributed by atoms with Crippen LogP contribution in [0.3, 0.4) is 0 Å². The molecule has 0 saturated carbocycles. The van der Waals surface area contributed by atoms with E-state index in [0.717, 1.165) is 0 Å². The summed E-state index contributed by atoms with van der Waals surface area (Å²) in [7, 11) is 0. The molecule has 3 nitrogen and oxygen atoms in total. The van der Waals surface area contributed by atoms with Gasteiger partial charge in [0, 0.05) is 11.1 Å². The highest BCUT2D eigenvalue weighted by Crippen LogP contribution is 2.32. The largest absolute Gasteiger partial charge is 0.508 e. The first-order valence-corrected chi connectivity index (χ1v) is 9.15. The minimum Gasteiger partial charge on any atom is -0.508 e. The maximum absolute atomic E-state index is 14.0. The van der Waals surface area contributed by atoms with Crippen molar-refractivity contribution in [2.45, 2.75) is 0 Å². The zero-order valence-corrected chi connectivity index (χ0v) is 15.6. The van der Waals surface area contributed by atoms with Crippen molar-refractivity contribution in [3.63, 3.8) is 0 Å². The Bertz CT molecular complexity index is 1130. The SMILES string of the molecule is O=C(c1ccc(F)cc1-c1ccc(O)cc1)c1ccc(F)cc1-c1ccc(O)cc1. The Morgan fingerprint density at radius 1 is 0.567 bits per heavy atom. The van der Waals surface area contributed by atoms with E-state index in [4.69, 9.17) is 0 Å². The van der Waals surface area contributed by atoms with Crippen molar-refractivity contribution < 1.29 is 23.8 Å². The maximum atomic E-state index is 14.0. The molecule has 0 radical (unpaired) electrons. The minimum absolute atomic E-state index is 0.0520. The van der Waals surface area contributed by atoms with E-state index in [0.29, 0.717) is 22.3 Å². The van der Waals surface area contributed by atoms with Crippen molar-refractivity contribution in [1.29, 1.82) is 0 Å². The summed E-state index contributed by atoms with van der Waals surface area (Å²) in [5.41, 5.74) is 2.33. The molecular formula is C25H16F2O3. The topological polar surface area (TPSA) is 57.5 Å². The van der Waals surface area contributed by atoms with E-state index >= 15 is 0 Å². The minimum atomic E-state index is -0.507. The van der Waals surface area contributed by atoms with E-state index in [1.54, 1.807) is 24.3 Å². The van der Waals surface area contributed by atoms with Gasteiger partial charge in [0.05, 0.1) is 0 Å². The highest BCUT2D eigenvalue weighted by atomic mass is 19.1. The molecular weight excluding hydrogens is 386 g/mol. The van der Waals surface area contributed by atoms with Crippen LogP contribution in [0.1, 0.15) is 15.9 Å². The number of hydrogen-bond acceptors (Lipinski definition) is 3. The number of aromatic hydroxyl groups is 2. The van der Waals surface area contributed by atoms with Crippen LogP contribution in [0.5, 0.6) is 11.5 Å². The highest BCUT2D eigenvalue weighted by molar-refractivity contribution is 6.16. The smallest absolute Gasteiger partial charge is 0.194 e. The van der Waals surface area contributed by atoms with Gasteiger partial charge in [-0.15, -0.1) is 0 Å². The number of hydrogen-bond donors (Lipinski definition) is 2. The molecule has 0 aliphatic heterocycles. The van der Waals surface area contributed by atoms with Crippen LogP contribution in [0.15, 0.2) is 84.9 Å². The van der Waals surface area contributed by atoms with Gasteiger partial charge in [0.15, 0.2) is 5.78 Å². The zero-order chi connectivity index (χ0) is 21.3. The molecule has 0 unspecified atom stereocenters. The molecule has 0 heterocycles. The number of benzene rings is 4. The Labute approximate surface area is 171 Å². The van der Waals surface area contributed by atoms with Gasteiger partial charge >= 0.3 is 0 Å². The molecule has 0 saturated heterocycles. The average Bonchev–Trinajstić information content (AvgIpc) is 2.74. The van der Waals surface area contributed by atoms with Gasteiger partial charge in [-0.05, 0) is 82.9 Å². The molecule has 30 heavy (non-hydrogen) atoms. The lowest BCUT2D eigenvalue weighted by Crippen LogP contribution is -2.06. The number of rotatable bonds is 4. The summed E-state index contributed by atoms with van der Waals surface area (Å²) in [5.74, 6) is -1.31. The van der Waals surface area contributed by atoms with Gasteiger partial charge in [-0.1, -0.05) is 24.3 Å². The van der Waals surface area contributed by atoms with Crippen molar-refractivity contribution in [2.24, 2.45) is 0 Å². The molecule has 0 fully saturated rings. The summed E-state index contributed by atoms with van der Waals surface area (Å²) < 4.78 is 28.0. The molecule has 0 spiro atoms. The second-order valence-corrected chi connectivity index (χ2v) is 6.80. The second kappa shape index (κ2) is 7.79. The predicted octanol–water partition coefficient (Wildman–Crippen LogP) is 5.94. The predicted molar refractivity (Wildman–Crippen MR) is 110 cm³/mol. The third-order valence-corrected chi connectivity index (χ3v) is 4.81. The van der Waals surface area contributed by atoms with Gasteiger partial charge in [-0.25, -0.2) is 8.78 Å². The molecule has 0 aliphatic carbocycles. The summed E-state index contributed by atoms with van der Waals surface area (Å²) in [6, 6.07) is 19.9. The molecule has 4 aromatic carbocycles. The van der Waals surface area contributed by atoms with Gasteiger partial charge in [0.2, 0.25) is 0 Å². The van der Waals surface area contributed by atoms with E-state index < -0.39 is 17.4 Å². The summed E-state index contributed by atoms with van der Waals surface area (Å²) in [4.78, 5) is 13.4. The first-order valence-electron chi connectivity index (χ1n) is 9.15. The Morgan fingerprint density at radius 3 is 1.30 bits per heavy atom. The molecule has 4 rings (SSSR count). The normalized spacial score (nSPS) is 10.7. The number of phenolic OH excluding ortho intramolecular Hbond substituents is 2. The van der Waals surface area contributed by atoms with Crippen LogP contribution in [0.4, 0.5) is 8.78 Å². The molecule has 5 heteroatoms. The zero-order valence-electron chi connectivity index (χ0n) is 15.6. The Kier molecular flexibility index (Phi) is 5.02. The van der Waals surface area contributed by atoms with E-state index in [-0.39, 0.29) is 22.6 Å². The van der Waals surface area contributed by atoms with Crippen LogP contribution >= 0.6 is 0 Å². The first kappa shape index (κ1) is 19.3. The highest BCUT2D eigenvalue weighted by Gasteiger charge is 2.20. The molecule has 0 atom stereocenters. The summed E-state index contributed by atoms with van der Waals surface area (Å²) >= 11 is 0. The van der Waals surface area contributed by atoms with Crippen molar-refractivity contribution in [3.05, 3.63) is 108 Å². The van der Waals surface area contributed by atoms with Crippen LogP contribution < -0.4 is 0 Å². The van der Waals surface area contributed by atoms with Crippen LogP contribution in [0, 0.1) is 11.6 Å². The molecule has 0 aromatic heterocycles. The fourth-order valence-corrected chi connectivity index (χ4v) is 3.33. The lowest BCUT2D eigenvalue weighted by molar-refractivity contribution is 0.104. The van der Waals surface area contributed by atoms with E-state index in [9.17, 15) is 23.8 Å². The van der Waals surface area contributed by atoms with Crippen molar-refractivity contribution in [3.8, 4) is 33.8 Å². The number of phenols is 2. The van der Waals surface area contributed by atoms with Crippen LogP contribution in [-0.2, 0) is 0 Å². The molecule has 0 amide bonds. The lowest BCUT2D eigenvalue weighted by atomic mass is 9.89. The van der Waals surface area contributed by atoms with E-state index in [1.807, 2.05) is 0 Å². The Hall–Kier alpha value is -3.99. The third kappa shape index (κ3) is 3.78. The van der Waals surface area contributed by atoms with Gasteiger partial charge in [-0.2, -0.15) is 0 Å². The summed E-state index contributed by atoms with van der Waals surface area (Å²) in [6.45, 7) is 0. The van der Waals surface area contributed by atoms with Crippen molar-refractivity contribution >= 4 is 5.78 Å². The van der Waals surface area contributed by atoms with Gasteiger partial charge in [0.1, 0.15) is 23.1 Å². The van der Waals surface area contributed by atoms with Crippen molar-refractivity contribution in [2.75, 3.05) is 0 Å². The van der Waals surface area contributed by atoms with Gasteiger partial charge < -0.3 is 10.2 Å². The summed E-state index contributed by atoms with van der Waals surface area (Å²) in [6.07, 6.45) is 0. The monoisotopic (exact) mass is 402 g/mol. The van der Waals surface area contributed by atoms with Crippen LogP contribution in [0.2, 0.25) is 0 Å². The average molecular weight is 402 g/mol. The first-order chi connectivity index (χ1) is 14.4. The number of halogens is 2. The number of ketones is 1. The third-order valence-electron chi connectivity index (χ3n) is 4.81. The standard InChI is InChI=1S/C25H16F2O3/c26-17-5-11-21(23(13-17)15-1-7-19(28)8-2-15)25(30)22-12-6-18(27)14-24(22)16-3-9-20(29)10-4-16/h1-14,28-29H. The molecule has 148 valence electrons. The maximum Gasteiger partial charge on any atom is 0.194 e.